The number of nitrogens with zero attached hydrogens (tertiary/aromatic N) is 2. The number of hydrogen-bond acceptors (Lipinski definition) is 3. The van der Waals surface area contributed by atoms with Crippen LogP contribution in [0.25, 0.3) is 0 Å². The molecule has 1 aliphatic heterocycles. The third-order valence-electron chi connectivity index (χ3n) is 3.89. The quantitative estimate of drug-likeness (QED) is 0.938. The number of carbonyl (C=O) groups excluding carboxylic acids is 1. The molecule has 118 valence electrons. The van der Waals surface area contributed by atoms with Crippen LogP contribution in [0.5, 0.6) is 0 Å². The second-order valence-corrected chi connectivity index (χ2v) is 5.79. The lowest BCUT2D eigenvalue weighted by Crippen LogP contribution is -2.51. The van der Waals surface area contributed by atoms with Crippen LogP contribution in [0.3, 0.4) is 0 Å². The smallest absolute Gasteiger partial charge is 0.306 e. The highest BCUT2D eigenvalue weighted by Crippen LogP contribution is 2.42. The minimum atomic E-state index is -1.02. The Morgan fingerprint density at radius 1 is 1.17 bits per heavy atom. The van der Waals surface area contributed by atoms with Crippen molar-refractivity contribution >= 4 is 40.5 Å². The first-order chi connectivity index (χ1) is 11.0. The van der Waals surface area contributed by atoms with E-state index < -0.39 is 12.0 Å². The lowest BCUT2D eigenvalue weighted by molar-refractivity contribution is -0.139. The van der Waals surface area contributed by atoms with Crippen LogP contribution in [0.1, 0.15) is 6.42 Å². The molecule has 3 rings (SSSR count). The molecule has 0 aliphatic carbocycles. The van der Waals surface area contributed by atoms with Gasteiger partial charge >= 0.3 is 5.97 Å². The van der Waals surface area contributed by atoms with Crippen molar-refractivity contribution in [1.29, 1.82) is 0 Å². The molecule has 1 heterocycles. The van der Waals surface area contributed by atoms with E-state index in [-0.39, 0.29) is 12.3 Å². The van der Waals surface area contributed by atoms with Crippen molar-refractivity contribution in [2.75, 3.05) is 16.8 Å². The van der Waals surface area contributed by atoms with Gasteiger partial charge in [0, 0.05) is 17.8 Å². The summed E-state index contributed by atoms with van der Waals surface area (Å²) in [7, 11) is 1.65. The van der Waals surface area contributed by atoms with Gasteiger partial charge < -0.3 is 14.9 Å². The maximum atomic E-state index is 12.7. The summed E-state index contributed by atoms with van der Waals surface area (Å²) in [6.07, 6.45) is -0.288. The Bertz CT molecular complexity index is 764. The van der Waals surface area contributed by atoms with E-state index in [1.54, 1.807) is 30.1 Å². The molecule has 1 atom stereocenters. The number of carboxylic acids is 1. The van der Waals surface area contributed by atoms with Crippen molar-refractivity contribution in [3.8, 4) is 0 Å². The Labute approximate surface area is 138 Å². The SMILES string of the molecule is CN1C(=O)C(CC(=O)O)N(c2ccccc2)c2cc(Cl)ccc21. The average molecular weight is 331 g/mol. The summed E-state index contributed by atoms with van der Waals surface area (Å²) in [6.45, 7) is 0. The van der Waals surface area contributed by atoms with E-state index in [0.29, 0.717) is 10.7 Å². The minimum absolute atomic E-state index is 0.258. The summed E-state index contributed by atoms with van der Waals surface area (Å²) in [5.74, 6) is -1.28. The Morgan fingerprint density at radius 3 is 2.52 bits per heavy atom. The van der Waals surface area contributed by atoms with E-state index in [9.17, 15) is 14.7 Å². The molecule has 2 aromatic carbocycles. The summed E-state index contributed by atoms with van der Waals surface area (Å²) in [5.41, 5.74) is 2.17. The van der Waals surface area contributed by atoms with Crippen LogP contribution >= 0.6 is 11.6 Å². The molecule has 1 N–H and O–H groups in total. The third-order valence-corrected chi connectivity index (χ3v) is 4.12. The zero-order chi connectivity index (χ0) is 16.6. The van der Waals surface area contributed by atoms with Crippen molar-refractivity contribution in [2.45, 2.75) is 12.5 Å². The van der Waals surface area contributed by atoms with Gasteiger partial charge in [-0.15, -0.1) is 0 Å². The minimum Gasteiger partial charge on any atom is -0.481 e. The van der Waals surface area contributed by atoms with E-state index in [1.807, 2.05) is 30.3 Å². The van der Waals surface area contributed by atoms with Crippen molar-refractivity contribution in [2.24, 2.45) is 0 Å². The Balaban J connectivity index is 2.21. The van der Waals surface area contributed by atoms with E-state index in [4.69, 9.17) is 11.6 Å². The van der Waals surface area contributed by atoms with Crippen LogP contribution in [-0.4, -0.2) is 30.1 Å². The second kappa shape index (κ2) is 5.93. The first-order valence-electron chi connectivity index (χ1n) is 7.12. The van der Waals surface area contributed by atoms with Crippen LogP contribution in [0.2, 0.25) is 5.02 Å². The predicted molar refractivity (Wildman–Crippen MR) is 89.5 cm³/mol. The Hall–Kier alpha value is -2.53. The number of halogens is 1. The van der Waals surface area contributed by atoms with Gasteiger partial charge in [0.05, 0.1) is 17.8 Å². The molecular weight excluding hydrogens is 316 g/mol. The number of rotatable bonds is 3. The number of amides is 1. The molecule has 1 amide bonds. The average Bonchev–Trinajstić information content (AvgIpc) is 2.53. The van der Waals surface area contributed by atoms with Crippen LogP contribution in [0, 0.1) is 0 Å². The lowest BCUT2D eigenvalue weighted by atomic mass is 10.0. The summed E-state index contributed by atoms with van der Waals surface area (Å²) in [5, 5.41) is 9.74. The van der Waals surface area contributed by atoms with Crippen LogP contribution < -0.4 is 9.80 Å². The van der Waals surface area contributed by atoms with E-state index >= 15 is 0 Å². The largest absolute Gasteiger partial charge is 0.481 e. The molecule has 0 saturated carbocycles. The molecule has 2 aromatic rings. The fourth-order valence-corrected chi connectivity index (χ4v) is 3.01. The zero-order valence-electron chi connectivity index (χ0n) is 12.4. The molecule has 0 bridgehead atoms. The summed E-state index contributed by atoms with van der Waals surface area (Å²) in [6, 6.07) is 13.7. The van der Waals surface area contributed by atoms with Gasteiger partial charge in [-0.25, -0.2) is 0 Å². The Kier molecular flexibility index (Phi) is 3.96. The summed E-state index contributed by atoms with van der Waals surface area (Å²) < 4.78 is 0. The van der Waals surface area contributed by atoms with Gasteiger partial charge in [-0.1, -0.05) is 29.8 Å². The number of para-hydroxylation sites is 1. The second-order valence-electron chi connectivity index (χ2n) is 5.35. The molecule has 23 heavy (non-hydrogen) atoms. The van der Waals surface area contributed by atoms with Crippen molar-refractivity contribution in [1.82, 2.24) is 0 Å². The van der Waals surface area contributed by atoms with Crippen LogP contribution in [0.15, 0.2) is 48.5 Å². The van der Waals surface area contributed by atoms with Gasteiger partial charge in [0.2, 0.25) is 5.91 Å². The van der Waals surface area contributed by atoms with Gasteiger partial charge in [-0.2, -0.15) is 0 Å². The summed E-state index contributed by atoms with van der Waals surface area (Å²) >= 11 is 6.12. The van der Waals surface area contributed by atoms with Crippen molar-refractivity contribution in [3.63, 3.8) is 0 Å². The number of hydrogen-bond donors (Lipinski definition) is 1. The molecule has 0 spiro atoms. The fourth-order valence-electron chi connectivity index (χ4n) is 2.85. The molecule has 1 aliphatic rings. The Morgan fingerprint density at radius 2 is 1.87 bits per heavy atom. The van der Waals surface area contributed by atoms with Crippen molar-refractivity contribution < 1.29 is 14.7 Å². The van der Waals surface area contributed by atoms with Gasteiger partial charge in [-0.3, -0.25) is 9.59 Å². The highest BCUT2D eigenvalue weighted by Gasteiger charge is 2.38. The predicted octanol–water partition coefficient (Wildman–Crippen LogP) is 3.30. The normalized spacial score (nSPS) is 17.1. The zero-order valence-corrected chi connectivity index (χ0v) is 13.2. The first-order valence-corrected chi connectivity index (χ1v) is 7.50. The molecular formula is C17H15ClN2O3. The number of carboxylic acid groups (broad SMARTS) is 1. The molecule has 6 heteroatoms. The molecule has 0 saturated heterocycles. The number of likely N-dealkylation sites (N-methyl/N-ethyl adjacent to an activating group) is 1. The van der Waals surface area contributed by atoms with Crippen LogP contribution in [-0.2, 0) is 9.59 Å². The topological polar surface area (TPSA) is 60.9 Å². The lowest BCUT2D eigenvalue weighted by Gasteiger charge is -2.41. The van der Waals surface area contributed by atoms with Gasteiger partial charge in [0.1, 0.15) is 6.04 Å². The highest BCUT2D eigenvalue weighted by molar-refractivity contribution is 6.31. The summed E-state index contributed by atoms with van der Waals surface area (Å²) in [4.78, 5) is 27.2. The molecule has 0 aromatic heterocycles. The number of fused-ring (bicyclic) bond motifs is 1. The molecule has 0 radical (unpaired) electrons. The number of carbonyl (C=O) groups is 2. The number of benzene rings is 2. The van der Waals surface area contributed by atoms with E-state index in [2.05, 4.69) is 0 Å². The maximum absolute atomic E-state index is 12.7. The maximum Gasteiger partial charge on any atom is 0.306 e. The number of anilines is 3. The third kappa shape index (κ3) is 2.75. The fraction of sp³-hybridized carbons (Fsp3) is 0.176. The van der Waals surface area contributed by atoms with E-state index in [0.717, 1.165) is 11.4 Å². The molecule has 0 fully saturated rings. The number of aliphatic carboxylic acids is 1. The van der Waals surface area contributed by atoms with Gasteiger partial charge in [0.15, 0.2) is 0 Å². The van der Waals surface area contributed by atoms with Crippen LogP contribution in [0.4, 0.5) is 17.1 Å². The van der Waals surface area contributed by atoms with Gasteiger partial charge in [-0.05, 0) is 30.3 Å². The monoisotopic (exact) mass is 330 g/mol. The van der Waals surface area contributed by atoms with Crippen molar-refractivity contribution in [3.05, 3.63) is 53.6 Å². The molecule has 1 unspecified atom stereocenters. The molecule has 5 nitrogen and oxygen atoms in total. The highest BCUT2D eigenvalue weighted by atomic mass is 35.5. The standard InChI is InChI=1S/C17H15ClN2O3/c1-19-13-8-7-11(18)9-14(13)20(12-5-3-2-4-6-12)15(17(19)23)10-16(21)22/h2-9,15H,10H2,1H3,(H,21,22). The first kappa shape index (κ1) is 15.4. The van der Waals surface area contributed by atoms with Gasteiger partial charge in [0.25, 0.3) is 0 Å². The van der Waals surface area contributed by atoms with E-state index in [1.165, 1.54) is 4.90 Å².